The molecule has 0 aromatic heterocycles. The van der Waals surface area contributed by atoms with Crippen molar-refractivity contribution < 1.29 is 5.11 Å². The van der Waals surface area contributed by atoms with Gasteiger partial charge in [-0.05, 0) is 45.1 Å². The molecule has 2 fully saturated rings. The predicted molar refractivity (Wildman–Crippen MR) is 56.2 cm³/mol. The molecule has 1 saturated heterocycles. The standard InChI is InChI=1S/C10H19NO.ClH/c1-10(8-4-2-5-8)9(12)6-3-7-11-10;/h8-9,11-12H,2-7H2,1H3;1H. The van der Waals surface area contributed by atoms with E-state index in [0.717, 1.165) is 25.3 Å². The van der Waals surface area contributed by atoms with Crippen LogP contribution in [0.25, 0.3) is 0 Å². The highest BCUT2D eigenvalue weighted by atomic mass is 35.5. The first-order valence-electron chi connectivity index (χ1n) is 5.16. The number of halogens is 1. The first-order valence-corrected chi connectivity index (χ1v) is 5.16. The second-order valence-electron chi connectivity index (χ2n) is 4.50. The van der Waals surface area contributed by atoms with E-state index in [4.69, 9.17) is 0 Å². The van der Waals surface area contributed by atoms with Crippen molar-refractivity contribution in [3.05, 3.63) is 0 Å². The van der Waals surface area contributed by atoms with E-state index >= 15 is 0 Å². The van der Waals surface area contributed by atoms with Crippen LogP contribution in [0, 0.1) is 5.92 Å². The number of hydrogen-bond acceptors (Lipinski definition) is 2. The fourth-order valence-electron chi connectivity index (χ4n) is 2.50. The van der Waals surface area contributed by atoms with Crippen LogP contribution in [0.4, 0.5) is 0 Å². The summed E-state index contributed by atoms with van der Waals surface area (Å²) in [4.78, 5) is 0. The SMILES string of the molecule is CC1(C2CCC2)NCCCC1O.Cl. The molecule has 0 radical (unpaired) electrons. The van der Waals surface area contributed by atoms with Gasteiger partial charge in [0.2, 0.25) is 0 Å². The summed E-state index contributed by atoms with van der Waals surface area (Å²) in [5, 5.41) is 13.4. The first-order chi connectivity index (χ1) is 5.73. The van der Waals surface area contributed by atoms with Gasteiger partial charge in [0.1, 0.15) is 0 Å². The van der Waals surface area contributed by atoms with E-state index in [1.807, 2.05) is 0 Å². The van der Waals surface area contributed by atoms with Gasteiger partial charge in [0.15, 0.2) is 0 Å². The maximum absolute atomic E-state index is 9.90. The molecule has 0 bridgehead atoms. The molecule has 0 aromatic rings. The third kappa shape index (κ3) is 1.85. The van der Waals surface area contributed by atoms with Gasteiger partial charge in [-0.1, -0.05) is 6.42 Å². The third-order valence-electron chi connectivity index (χ3n) is 3.81. The van der Waals surface area contributed by atoms with Crippen LogP contribution in [0.3, 0.4) is 0 Å². The second kappa shape index (κ2) is 4.16. The molecule has 1 aliphatic heterocycles. The normalized spacial score (nSPS) is 40.6. The molecular weight excluding hydrogens is 186 g/mol. The Kier molecular flexibility index (Phi) is 3.61. The monoisotopic (exact) mass is 205 g/mol. The van der Waals surface area contributed by atoms with Crippen molar-refractivity contribution in [3.8, 4) is 0 Å². The highest BCUT2D eigenvalue weighted by molar-refractivity contribution is 5.85. The number of aliphatic hydroxyl groups is 1. The summed E-state index contributed by atoms with van der Waals surface area (Å²) < 4.78 is 0. The van der Waals surface area contributed by atoms with Gasteiger partial charge in [0, 0.05) is 5.54 Å². The van der Waals surface area contributed by atoms with Crippen LogP contribution in [0.1, 0.15) is 39.0 Å². The average Bonchev–Trinajstić information content (AvgIpc) is 1.92. The minimum absolute atomic E-state index is 0. The first kappa shape index (κ1) is 11.3. The Morgan fingerprint density at radius 3 is 2.38 bits per heavy atom. The fraction of sp³-hybridized carbons (Fsp3) is 1.00. The lowest BCUT2D eigenvalue weighted by molar-refractivity contribution is -0.0190. The van der Waals surface area contributed by atoms with Crippen molar-refractivity contribution in [1.82, 2.24) is 5.32 Å². The molecule has 2 nitrogen and oxygen atoms in total. The lowest BCUT2D eigenvalue weighted by Crippen LogP contribution is -2.61. The van der Waals surface area contributed by atoms with Crippen LogP contribution in [0.2, 0.25) is 0 Å². The highest BCUT2D eigenvalue weighted by Crippen LogP contribution is 2.40. The van der Waals surface area contributed by atoms with Crippen molar-refractivity contribution in [2.24, 2.45) is 5.92 Å². The Labute approximate surface area is 86.5 Å². The Morgan fingerprint density at radius 1 is 1.23 bits per heavy atom. The Bertz CT molecular complexity index is 168. The van der Waals surface area contributed by atoms with Gasteiger partial charge in [-0.2, -0.15) is 0 Å². The minimum atomic E-state index is -0.114. The summed E-state index contributed by atoms with van der Waals surface area (Å²) in [6.07, 6.45) is 5.97. The molecule has 0 spiro atoms. The van der Waals surface area contributed by atoms with Crippen LogP contribution in [-0.4, -0.2) is 23.3 Å². The number of nitrogens with one attached hydrogen (secondary N) is 1. The largest absolute Gasteiger partial charge is 0.391 e. The summed E-state index contributed by atoms with van der Waals surface area (Å²) >= 11 is 0. The maximum atomic E-state index is 9.90. The second-order valence-corrected chi connectivity index (χ2v) is 4.50. The average molecular weight is 206 g/mol. The van der Waals surface area contributed by atoms with Gasteiger partial charge in [-0.3, -0.25) is 0 Å². The molecule has 78 valence electrons. The van der Waals surface area contributed by atoms with E-state index in [0.29, 0.717) is 0 Å². The minimum Gasteiger partial charge on any atom is -0.391 e. The fourth-order valence-corrected chi connectivity index (χ4v) is 2.50. The molecule has 2 atom stereocenters. The zero-order valence-electron chi connectivity index (χ0n) is 8.25. The number of hydrogen-bond donors (Lipinski definition) is 2. The van der Waals surface area contributed by atoms with Gasteiger partial charge < -0.3 is 10.4 Å². The smallest absolute Gasteiger partial charge is 0.0722 e. The Hall–Kier alpha value is 0.210. The van der Waals surface area contributed by atoms with Gasteiger partial charge in [0.05, 0.1) is 6.10 Å². The summed E-state index contributed by atoms with van der Waals surface area (Å²) in [5.74, 6) is 0.729. The predicted octanol–water partition coefficient (Wildman–Crippen LogP) is 1.71. The van der Waals surface area contributed by atoms with Crippen LogP contribution in [0.15, 0.2) is 0 Å². The van der Waals surface area contributed by atoms with E-state index in [-0.39, 0.29) is 24.0 Å². The topological polar surface area (TPSA) is 32.3 Å². The molecule has 3 heteroatoms. The summed E-state index contributed by atoms with van der Waals surface area (Å²) in [6, 6.07) is 0. The maximum Gasteiger partial charge on any atom is 0.0722 e. The van der Waals surface area contributed by atoms with Crippen LogP contribution in [0.5, 0.6) is 0 Å². The highest BCUT2D eigenvalue weighted by Gasteiger charge is 2.44. The van der Waals surface area contributed by atoms with Crippen molar-refractivity contribution >= 4 is 12.4 Å². The quantitative estimate of drug-likeness (QED) is 0.683. The van der Waals surface area contributed by atoms with Crippen molar-refractivity contribution in [2.45, 2.75) is 50.7 Å². The summed E-state index contributed by atoms with van der Waals surface area (Å²) in [7, 11) is 0. The summed E-state index contributed by atoms with van der Waals surface area (Å²) in [6.45, 7) is 3.28. The molecule has 2 rings (SSSR count). The molecule has 1 aliphatic carbocycles. The van der Waals surface area contributed by atoms with Gasteiger partial charge in [-0.25, -0.2) is 0 Å². The number of aliphatic hydroxyl groups excluding tert-OH is 1. The molecule has 1 heterocycles. The van der Waals surface area contributed by atoms with E-state index < -0.39 is 0 Å². The van der Waals surface area contributed by atoms with Crippen LogP contribution < -0.4 is 5.32 Å². The molecule has 2 N–H and O–H groups in total. The molecule has 2 unspecified atom stereocenters. The van der Waals surface area contributed by atoms with Gasteiger partial charge in [-0.15, -0.1) is 12.4 Å². The lowest BCUT2D eigenvalue weighted by Gasteiger charge is -2.49. The van der Waals surface area contributed by atoms with Crippen molar-refractivity contribution in [3.63, 3.8) is 0 Å². The molecule has 0 aromatic carbocycles. The van der Waals surface area contributed by atoms with Crippen LogP contribution in [-0.2, 0) is 0 Å². The number of rotatable bonds is 1. The van der Waals surface area contributed by atoms with Crippen LogP contribution >= 0.6 is 12.4 Å². The number of piperidine rings is 1. The van der Waals surface area contributed by atoms with Gasteiger partial charge >= 0.3 is 0 Å². The van der Waals surface area contributed by atoms with E-state index in [2.05, 4.69) is 12.2 Å². The van der Waals surface area contributed by atoms with Crippen molar-refractivity contribution in [2.75, 3.05) is 6.54 Å². The summed E-state index contributed by atoms with van der Waals surface area (Å²) in [5.41, 5.74) is 0.0382. The van der Waals surface area contributed by atoms with Crippen molar-refractivity contribution in [1.29, 1.82) is 0 Å². The zero-order valence-corrected chi connectivity index (χ0v) is 9.07. The lowest BCUT2D eigenvalue weighted by atomic mass is 9.67. The third-order valence-corrected chi connectivity index (χ3v) is 3.81. The molecule has 1 saturated carbocycles. The van der Waals surface area contributed by atoms with E-state index in [9.17, 15) is 5.11 Å². The molecule has 0 amide bonds. The Balaban J connectivity index is 0.000000845. The zero-order chi connectivity index (χ0) is 8.60. The molecular formula is C10H20ClNO. The van der Waals surface area contributed by atoms with E-state index in [1.165, 1.54) is 19.3 Å². The van der Waals surface area contributed by atoms with E-state index in [1.54, 1.807) is 0 Å². The Morgan fingerprint density at radius 2 is 1.92 bits per heavy atom. The molecule has 13 heavy (non-hydrogen) atoms. The molecule has 2 aliphatic rings. The van der Waals surface area contributed by atoms with Gasteiger partial charge in [0.25, 0.3) is 0 Å².